The second-order valence-electron chi connectivity index (χ2n) is 8.60. The van der Waals surface area contributed by atoms with Gasteiger partial charge in [0.05, 0.1) is 28.8 Å². The molecule has 34 heavy (non-hydrogen) atoms. The van der Waals surface area contributed by atoms with Gasteiger partial charge in [-0.1, -0.05) is 43.2 Å². The number of amides is 1. The molecule has 172 valence electrons. The molecule has 2 aromatic carbocycles. The molecule has 1 amide bonds. The molecule has 0 bridgehead atoms. The van der Waals surface area contributed by atoms with Crippen LogP contribution in [0.15, 0.2) is 72.9 Å². The minimum Gasteiger partial charge on any atom is -0.355 e. The number of benzene rings is 2. The number of rotatable bonds is 5. The van der Waals surface area contributed by atoms with Gasteiger partial charge in [-0.2, -0.15) is 5.10 Å². The number of carbonyl (C=O) groups excluding carboxylic acids is 1. The van der Waals surface area contributed by atoms with Crippen LogP contribution in [0.4, 0.5) is 11.5 Å². The van der Waals surface area contributed by atoms with Crippen LogP contribution < -0.4 is 10.2 Å². The van der Waals surface area contributed by atoms with Gasteiger partial charge in [0, 0.05) is 24.3 Å². The third-order valence-electron chi connectivity index (χ3n) is 6.25. The zero-order valence-corrected chi connectivity index (χ0v) is 19.3. The first-order valence-corrected chi connectivity index (χ1v) is 11.8. The second kappa shape index (κ2) is 9.87. The summed E-state index contributed by atoms with van der Waals surface area (Å²) in [6, 6.07) is 21.5. The molecule has 1 aliphatic heterocycles. The second-order valence-corrected chi connectivity index (χ2v) is 8.60. The van der Waals surface area contributed by atoms with Crippen LogP contribution in [0, 0.1) is 6.92 Å². The molecule has 3 heterocycles. The van der Waals surface area contributed by atoms with Crippen LogP contribution in [-0.4, -0.2) is 39.0 Å². The Kier molecular flexibility index (Phi) is 6.33. The van der Waals surface area contributed by atoms with Gasteiger partial charge in [0.2, 0.25) is 0 Å². The maximum absolute atomic E-state index is 13.0. The van der Waals surface area contributed by atoms with Crippen molar-refractivity contribution in [1.82, 2.24) is 20.0 Å². The molecule has 0 aliphatic carbocycles. The molecule has 5 rings (SSSR count). The normalized spacial score (nSPS) is 14.0. The van der Waals surface area contributed by atoms with Crippen molar-refractivity contribution in [2.24, 2.45) is 0 Å². The molecule has 0 spiro atoms. The fourth-order valence-electron chi connectivity index (χ4n) is 4.36. The Morgan fingerprint density at radius 1 is 0.882 bits per heavy atom. The van der Waals surface area contributed by atoms with E-state index in [1.807, 2.05) is 73.7 Å². The Morgan fingerprint density at radius 3 is 2.41 bits per heavy atom. The van der Waals surface area contributed by atoms with Gasteiger partial charge in [0.15, 0.2) is 5.82 Å². The van der Waals surface area contributed by atoms with E-state index in [0.717, 1.165) is 41.5 Å². The fraction of sp³-hybridized carbons (Fsp3) is 0.259. The van der Waals surface area contributed by atoms with Crippen LogP contribution >= 0.6 is 0 Å². The van der Waals surface area contributed by atoms with E-state index in [2.05, 4.69) is 25.5 Å². The summed E-state index contributed by atoms with van der Waals surface area (Å²) in [5, 5.41) is 16.3. The third-order valence-corrected chi connectivity index (χ3v) is 6.25. The van der Waals surface area contributed by atoms with Crippen LogP contribution in [0.2, 0.25) is 0 Å². The first-order valence-electron chi connectivity index (χ1n) is 11.8. The third kappa shape index (κ3) is 4.69. The van der Waals surface area contributed by atoms with Gasteiger partial charge in [-0.05, 0) is 56.2 Å². The van der Waals surface area contributed by atoms with Gasteiger partial charge in [-0.3, -0.25) is 4.79 Å². The van der Waals surface area contributed by atoms with E-state index in [-0.39, 0.29) is 5.91 Å². The van der Waals surface area contributed by atoms with Crippen molar-refractivity contribution in [3.05, 3.63) is 84.2 Å². The number of anilines is 2. The van der Waals surface area contributed by atoms with Crippen molar-refractivity contribution in [2.75, 3.05) is 23.3 Å². The van der Waals surface area contributed by atoms with E-state index in [0.29, 0.717) is 11.3 Å². The molecule has 4 aromatic rings. The quantitative estimate of drug-likeness (QED) is 0.446. The molecule has 0 radical (unpaired) electrons. The summed E-state index contributed by atoms with van der Waals surface area (Å²) in [4.78, 5) is 15.3. The van der Waals surface area contributed by atoms with Gasteiger partial charge in [0.25, 0.3) is 5.91 Å². The SMILES string of the molecule is Cc1c(C(=O)Nc2cccc(-c3ccc(N4CCCCCC4)nn3)c2)cnn1-c1ccccc1. The Bertz CT molecular complexity index is 1260. The molecule has 1 fully saturated rings. The summed E-state index contributed by atoms with van der Waals surface area (Å²) in [5.41, 5.74) is 4.63. The monoisotopic (exact) mass is 452 g/mol. The Morgan fingerprint density at radius 2 is 1.68 bits per heavy atom. The standard InChI is InChI=1S/C27H28N6O/c1-20-24(19-28-33(20)23-12-5-4-6-13-23)27(34)29-22-11-9-10-21(18-22)25-14-15-26(31-30-25)32-16-7-2-3-8-17-32/h4-6,9-15,18-19H,2-3,7-8,16-17H2,1H3,(H,29,34). The Labute approximate surface area is 199 Å². The Hall–Kier alpha value is -4.00. The van der Waals surface area contributed by atoms with Crippen molar-refractivity contribution in [1.29, 1.82) is 0 Å². The molecular weight excluding hydrogens is 424 g/mol. The van der Waals surface area contributed by atoms with Crippen molar-refractivity contribution in [3.8, 4) is 16.9 Å². The summed E-state index contributed by atoms with van der Waals surface area (Å²) in [6.07, 6.45) is 6.58. The van der Waals surface area contributed by atoms with Crippen LogP contribution in [0.25, 0.3) is 16.9 Å². The maximum atomic E-state index is 13.0. The highest BCUT2D eigenvalue weighted by atomic mass is 16.1. The van der Waals surface area contributed by atoms with E-state index >= 15 is 0 Å². The number of aromatic nitrogens is 4. The van der Waals surface area contributed by atoms with Crippen molar-refractivity contribution >= 4 is 17.4 Å². The highest BCUT2D eigenvalue weighted by Gasteiger charge is 2.16. The van der Waals surface area contributed by atoms with E-state index in [1.165, 1.54) is 25.7 Å². The number of carbonyl (C=O) groups is 1. The number of hydrogen-bond donors (Lipinski definition) is 1. The zero-order chi connectivity index (χ0) is 23.3. The number of nitrogens with one attached hydrogen (secondary N) is 1. The van der Waals surface area contributed by atoms with Crippen LogP contribution in [0.1, 0.15) is 41.7 Å². The molecule has 1 saturated heterocycles. The smallest absolute Gasteiger partial charge is 0.259 e. The summed E-state index contributed by atoms with van der Waals surface area (Å²) in [6.45, 7) is 3.97. The van der Waals surface area contributed by atoms with Crippen LogP contribution in [-0.2, 0) is 0 Å². The van der Waals surface area contributed by atoms with E-state index in [4.69, 9.17) is 0 Å². The maximum Gasteiger partial charge on any atom is 0.259 e. The van der Waals surface area contributed by atoms with Crippen molar-refractivity contribution in [2.45, 2.75) is 32.6 Å². The van der Waals surface area contributed by atoms with Gasteiger partial charge in [0.1, 0.15) is 0 Å². The summed E-state index contributed by atoms with van der Waals surface area (Å²) in [7, 11) is 0. The van der Waals surface area contributed by atoms with E-state index in [9.17, 15) is 4.79 Å². The molecule has 0 saturated carbocycles. The minimum atomic E-state index is -0.195. The fourth-order valence-corrected chi connectivity index (χ4v) is 4.36. The molecule has 2 aromatic heterocycles. The summed E-state index contributed by atoms with van der Waals surface area (Å²) >= 11 is 0. The lowest BCUT2D eigenvalue weighted by Crippen LogP contribution is -2.25. The highest BCUT2D eigenvalue weighted by molar-refractivity contribution is 6.05. The molecule has 7 nitrogen and oxygen atoms in total. The van der Waals surface area contributed by atoms with Gasteiger partial charge < -0.3 is 10.2 Å². The average molecular weight is 453 g/mol. The van der Waals surface area contributed by atoms with E-state index < -0.39 is 0 Å². The lowest BCUT2D eigenvalue weighted by Gasteiger charge is -2.20. The first-order chi connectivity index (χ1) is 16.7. The Balaban J connectivity index is 1.31. The average Bonchev–Trinajstić information content (AvgIpc) is 3.07. The first kappa shape index (κ1) is 21.8. The molecule has 0 unspecified atom stereocenters. The molecule has 1 aliphatic rings. The predicted molar refractivity (Wildman–Crippen MR) is 134 cm³/mol. The minimum absolute atomic E-state index is 0.195. The number of nitrogens with zero attached hydrogens (tertiary/aromatic N) is 5. The number of hydrogen-bond acceptors (Lipinski definition) is 5. The largest absolute Gasteiger partial charge is 0.355 e. The van der Waals surface area contributed by atoms with Gasteiger partial charge in [-0.15, -0.1) is 10.2 Å². The van der Waals surface area contributed by atoms with Crippen LogP contribution in [0.3, 0.4) is 0 Å². The summed E-state index contributed by atoms with van der Waals surface area (Å²) < 4.78 is 1.77. The predicted octanol–water partition coefficient (Wildman–Crippen LogP) is 5.27. The lowest BCUT2D eigenvalue weighted by atomic mass is 10.1. The summed E-state index contributed by atoms with van der Waals surface area (Å²) in [5.74, 6) is 0.737. The topological polar surface area (TPSA) is 75.9 Å². The highest BCUT2D eigenvalue weighted by Crippen LogP contribution is 2.24. The molecule has 1 N–H and O–H groups in total. The molecule has 7 heteroatoms. The number of para-hydroxylation sites is 1. The molecule has 0 atom stereocenters. The van der Waals surface area contributed by atoms with E-state index in [1.54, 1.807) is 10.9 Å². The van der Waals surface area contributed by atoms with Gasteiger partial charge >= 0.3 is 0 Å². The van der Waals surface area contributed by atoms with Crippen molar-refractivity contribution < 1.29 is 4.79 Å². The van der Waals surface area contributed by atoms with Crippen LogP contribution in [0.5, 0.6) is 0 Å². The lowest BCUT2D eigenvalue weighted by molar-refractivity contribution is 0.102. The molecular formula is C27H28N6O. The zero-order valence-electron chi connectivity index (χ0n) is 19.3. The van der Waals surface area contributed by atoms with Gasteiger partial charge in [-0.25, -0.2) is 4.68 Å². The van der Waals surface area contributed by atoms with Crippen molar-refractivity contribution in [3.63, 3.8) is 0 Å².